The molecule has 0 aromatic heterocycles. The first-order valence-corrected chi connectivity index (χ1v) is 9.87. The topological polar surface area (TPSA) is 85.0 Å². The second kappa shape index (κ2) is 7.74. The van der Waals surface area contributed by atoms with Gasteiger partial charge in [0, 0.05) is 35.4 Å². The summed E-state index contributed by atoms with van der Waals surface area (Å²) < 4.78 is 5.41. The largest absolute Gasteiger partial charge is 0.497 e. The molecule has 0 spiro atoms. The number of fused-ring (bicyclic) bond motifs is 3. The van der Waals surface area contributed by atoms with Gasteiger partial charge >= 0.3 is 0 Å². The summed E-state index contributed by atoms with van der Waals surface area (Å²) in [7, 11) is 1.64. The van der Waals surface area contributed by atoms with Crippen LogP contribution in [0.25, 0.3) is 0 Å². The third-order valence-corrected chi connectivity index (χ3v) is 5.73. The van der Waals surface area contributed by atoms with Crippen molar-refractivity contribution in [3.8, 4) is 5.75 Å². The van der Waals surface area contributed by atoms with E-state index in [0.29, 0.717) is 5.70 Å². The van der Waals surface area contributed by atoms with Crippen molar-refractivity contribution in [1.82, 2.24) is 5.01 Å². The van der Waals surface area contributed by atoms with Gasteiger partial charge in [-0.15, -0.1) is 0 Å². The van der Waals surface area contributed by atoms with Gasteiger partial charge in [-0.25, -0.2) is 0 Å². The first-order chi connectivity index (χ1) is 14.4. The van der Waals surface area contributed by atoms with Gasteiger partial charge in [0.1, 0.15) is 5.75 Å². The lowest BCUT2D eigenvalue weighted by Crippen LogP contribution is -2.28. The number of ether oxygens (including phenoxy) is 1. The van der Waals surface area contributed by atoms with Crippen LogP contribution in [-0.4, -0.2) is 28.5 Å². The van der Waals surface area contributed by atoms with Crippen LogP contribution in [0.15, 0.2) is 59.3 Å². The van der Waals surface area contributed by atoms with Crippen molar-refractivity contribution in [2.24, 2.45) is 11.0 Å². The maximum absolute atomic E-state index is 11.7. The van der Waals surface area contributed by atoms with Crippen molar-refractivity contribution in [3.63, 3.8) is 0 Å². The standard InChI is InChI=1S/C23H23N3O4/c1-14(11-15(2)27)25-23(17-5-4-6-18(12-17)26(28)29)20-10-8-16-7-9-19(30-3)13-21(16)22(20)24-25/h4-7,9,11-13,20,23H,8,10H2,1-3H3/b14-11+/t20-,23-/m0/s1. The highest BCUT2D eigenvalue weighted by Gasteiger charge is 2.42. The molecule has 1 aliphatic carbocycles. The van der Waals surface area contributed by atoms with E-state index in [0.717, 1.165) is 35.4 Å². The molecule has 0 amide bonds. The molecule has 4 rings (SSSR count). The highest BCUT2D eigenvalue weighted by atomic mass is 16.6. The number of hydrogen-bond acceptors (Lipinski definition) is 6. The number of carbonyl (C=O) groups excluding carboxylic acids is 1. The molecule has 2 atom stereocenters. The van der Waals surface area contributed by atoms with Gasteiger partial charge in [0.15, 0.2) is 5.78 Å². The molecule has 1 aliphatic heterocycles. The molecule has 2 aliphatic rings. The molecule has 7 nitrogen and oxygen atoms in total. The zero-order valence-corrected chi connectivity index (χ0v) is 17.2. The van der Waals surface area contributed by atoms with Crippen LogP contribution in [0, 0.1) is 16.0 Å². The molecule has 0 N–H and O–H groups in total. The van der Waals surface area contributed by atoms with E-state index in [2.05, 4.69) is 6.07 Å². The minimum absolute atomic E-state index is 0.0481. The van der Waals surface area contributed by atoms with Gasteiger partial charge in [0.05, 0.1) is 23.8 Å². The van der Waals surface area contributed by atoms with Gasteiger partial charge in [-0.3, -0.25) is 19.9 Å². The molecule has 1 heterocycles. The number of nitrogens with zero attached hydrogens (tertiary/aromatic N) is 3. The Labute approximate surface area is 174 Å². The van der Waals surface area contributed by atoms with E-state index in [1.807, 2.05) is 30.1 Å². The Morgan fingerprint density at radius 2 is 2.07 bits per heavy atom. The first-order valence-electron chi connectivity index (χ1n) is 9.87. The normalized spacial score (nSPS) is 20.3. The van der Waals surface area contributed by atoms with Crippen molar-refractivity contribution >= 4 is 17.2 Å². The molecular weight excluding hydrogens is 382 g/mol. The van der Waals surface area contributed by atoms with E-state index in [1.54, 1.807) is 25.3 Å². The summed E-state index contributed by atoms with van der Waals surface area (Å²) >= 11 is 0. The van der Waals surface area contributed by atoms with E-state index >= 15 is 0 Å². The number of aryl methyl sites for hydroxylation is 1. The number of ketones is 1. The number of hydrogen-bond donors (Lipinski definition) is 0. The van der Waals surface area contributed by atoms with Crippen LogP contribution in [0.3, 0.4) is 0 Å². The number of methoxy groups -OCH3 is 1. The maximum Gasteiger partial charge on any atom is 0.269 e. The predicted octanol–water partition coefficient (Wildman–Crippen LogP) is 4.42. The zero-order chi connectivity index (χ0) is 21.4. The summed E-state index contributed by atoms with van der Waals surface area (Å²) in [5.41, 5.74) is 4.76. The summed E-state index contributed by atoms with van der Waals surface area (Å²) in [4.78, 5) is 22.7. The molecule has 0 radical (unpaired) electrons. The molecule has 0 fully saturated rings. The molecule has 0 saturated carbocycles. The van der Waals surface area contributed by atoms with Gasteiger partial charge in [-0.2, -0.15) is 5.10 Å². The highest BCUT2D eigenvalue weighted by molar-refractivity contribution is 6.06. The van der Waals surface area contributed by atoms with Crippen molar-refractivity contribution < 1.29 is 14.5 Å². The van der Waals surface area contributed by atoms with Gasteiger partial charge in [0.2, 0.25) is 0 Å². The fourth-order valence-corrected chi connectivity index (χ4v) is 4.42. The van der Waals surface area contributed by atoms with E-state index in [9.17, 15) is 14.9 Å². The van der Waals surface area contributed by atoms with Gasteiger partial charge in [0.25, 0.3) is 5.69 Å². The molecule has 30 heavy (non-hydrogen) atoms. The van der Waals surface area contributed by atoms with Crippen LogP contribution in [0.5, 0.6) is 5.75 Å². The van der Waals surface area contributed by atoms with Gasteiger partial charge < -0.3 is 4.74 Å². The van der Waals surface area contributed by atoms with Gasteiger partial charge in [-0.1, -0.05) is 18.2 Å². The number of nitro benzene ring substituents is 1. The molecule has 0 saturated heterocycles. The monoisotopic (exact) mass is 405 g/mol. The van der Waals surface area contributed by atoms with Crippen molar-refractivity contribution in [1.29, 1.82) is 0 Å². The molecule has 2 aromatic carbocycles. The predicted molar refractivity (Wildman–Crippen MR) is 113 cm³/mol. The molecule has 2 aromatic rings. The Bertz CT molecular complexity index is 1090. The lowest BCUT2D eigenvalue weighted by Gasteiger charge is -2.31. The van der Waals surface area contributed by atoms with E-state index < -0.39 is 0 Å². The third kappa shape index (κ3) is 3.47. The minimum atomic E-state index is -0.385. The number of hydrazone groups is 1. The lowest BCUT2D eigenvalue weighted by molar-refractivity contribution is -0.385. The Hall–Kier alpha value is -3.48. The second-order valence-corrected chi connectivity index (χ2v) is 7.69. The summed E-state index contributed by atoms with van der Waals surface area (Å²) in [6.45, 7) is 3.35. The lowest BCUT2D eigenvalue weighted by atomic mass is 9.77. The quantitative estimate of drug-likeness (QED) is 0.418. The number of carbonyl (C=O) groups is 1. The number of rotatable bonds is 5. The molecular formula is C23H23N3O4. The summed E-state index contributed by atoms with van der Waals surface area (Å²) in [5.74, 6) is 0.753. The van der Waals surface area contributed by atoms with Crippen LogP contribution in [0.4, 0.5) is 5.69 Å². The molecule has 0 unspecified atom stereocenters. The maximum atomic E-state index is 11.7. The summed E-state index contributed by atoms with van der Waals surface area (Å²) in [6.07, 6.45) is 3.31. The number of benzene rings is 2. The average molecular weight is 405 g/mol. The van der Waals surface area contributed by atoms with Crippen LogP contribution in [0.2, 0.25) is 0 Å². The number of allylic oxidation sites excluding steroid dienone is 2. The van der Waals surface area contributed by atoms with Crippen molar-refractivity contribution in [2.75, 3.05) is 7.11 Å². The number of non-ortho nitro benzene ring substituents is 1. The Morgan fingerprint density at radius 1 is 1.27 bits per heavy atom. The smallest absolute Gasteiger partial charge is 0.269 e. The third-order valence-electron chi connectivity index (χ3n) is 5.73. The van der Waals surface area contributed by atoms with E-state index in [1.165, 1.54) is 18.6 Å². The van der Waals surface area contributed by atoms with Crippen LogP contribution < -0.4 is 4.74 Å². The van der Waals surface area contributed by atoms with Crippen LogP contribution >= 0.6 is 0 Å². The first kappa shape index (κ1) is 19.8. The zero-order valence-electron chi connectivity index (χ0n) is 17.2. The molecule has 154 valence electrons. The Morgan fingerprint density at radius 3 is 2.77 bits per heavy atom. The summed E-state index contributed by atoms with van der Waals surface area (Å²) in [6, 6.07) is 12.5. The van der Waals surface area contributed by atoms with Crippen molar-refractivity contribution in [2.45, 2.75) is 32.7 Å². The van der Waals surface area contributed by atoms with Gasteiger partial charge in [-0.05, 0) is 49.9 Å². The highest BCUT2D eigenvalue weighted by Crippen LogP contribution is 2.45. The Balaban J connectivity index is 1.85. The van der Waals surface area contributed by atoms with E-state index in [4.69, 9.17) is 9.84 Å². The molecule has 0 bridgehead atoms. The van der Waals surface area contributed by atoms with Crippen LogP contribution in [-0.2, 0) is 11.2 Å². The SMILES string of the molecule is COc1ccc2c(c1)C1=NN(/C(C)=C/C(C)=O)[C@@H](c3cccc([N+](=O)[O-])c3)[C@H]1CC2. The van der Waals surface area contributed by atoms with Crippen molar-refractivity contribution in [3.05, 3.63) is 81.0 Å². The fourth-order valence-electron chi connectivity index (χ4n) is 4.42. The summed E-state index contributed by atoms with van der Waals surface area (Å²) in [5, 5.41) is 18.1. The fraction of sp³-hybridized carbons (Fsp3) is 0.304. The minimum Gasteiger partial charge on any atom is -0.497 e. The number of nitro groups is 1. The Kier molecular flexibility index (Phi) is 5.11. The second-order valence-electron chi connectivity index (χ2n) is 7.69. The average Bonchev–Trinajstić information content (AvgIpc) is 3.13. The van der Waals surface area contributed by atoms with E-state index in [-0.39, 0.29) is 28.4 Å². The van der Waals surface area contributed by atoms with Crippen LogP contribution in [0.1, 0.15) is 43.0 Å². The molecule has 7 heteroatoms.